The van der Waals surface area contributed by atoms with Crippen molar-refractivity contribution in [1.82, 2.24) is 19.5 Å². The first kappa shape index (κ1) is 28.4. The number of imidazole rings is 1. The molecule has 0 saturated carbocycles. The number of hydrogen-bond acceptors (Lipinski definition) is 10. The summed E-state index contributed by atoms with van der Waals surface area (Å²) in [4.78, 5) is 36.5. The topological polar surface area (TPSA) is 144 Å². The summed E-state index contributed by atoms with van der Waals surface area (Å²) in [5.74, 6) is -0.874. The van der Waals surface area contributed by atoms with Crippen LogP contribution in [0.15, 0.2) is 36.8 Å². The number of anilines is 1. The molecule has 1 saturated heterocycles. The first-order valence-corrected chi connectivity index (χ1v) is 13.8. The molecular formula is C26H29FN6O7Si. The number of aromatic nitrogens is 4. The van der Waals surface area contributed by atoms with Crippen LogP contribution >= 0.6 is 0 Å². The molecule has 2 aliphatic heterocycles. The van der Waals surface area contributed by atoms with Gasteiger partial charge in [0.1, 0.15) is 24.7 Å². The lowest BCUT2D eigenvalue weighted by atomic mass is 10.0. The molecule has 0 unspecified atom stereocenters. The molecule has 0 bridgehead atoms. The molecule has 4 heterocycles. The van der Waals surface area contributed by atoms with Crippen molar-refractivity contribution in [2.45, 2.75) is 64.0 Å². The van der Waals surface area contributed by atoms with Crippen molar-refractivity contribution in [1.29, 1.82) is 0 Å². The minimum absolute atomic E-state index is 0.0211. The summed E-state index contributed by atoms with van der Waals surface area (Å²) < 4.78 is 39.5. The monoisotopic (exact) mass is 584 g/mol. The molecule has 2 atom stereocenters. The Balaban J connectivity index is 1.22. The van der Waals surface area contributed by atoms with Gasteiger partial charge in [-0.25, -0.2) is 19.2 Å². The van der Waals surface area contributed by atoms with Gasteiger partial charge in [-0.05, 0) is 42.0 Å². The average Bonchev–Trinajstić information content (AvgIpc) is 3.52. The van der Waals surface area contributed by atoms with Gasteiger partial charge in [-0.3, -0.25) is 9.47 Å². The highest BCUT2D eigenvalue weighted by Crippen LogP contribution is 2.33. The van der Waals surface area contributed by atoms with E-state index in [2.05, 4.69) is 35.7 Å². The van der Waals surface area contributed by atoms with E-state index in [0.717, 1.165) is 0 Å². The van der Waals surface area contributed by atoms with Crippen molar-refractivity contribution in [3.05, 3.63) is 52.7 Å². The summed E-state index contributed by atoms with van der Waals surface area (Å²) in [5.41, 5.74) is 0.313. The summed E-state index contributed by atoms with van der Waals surface area (Å²) in [7, 11) is 0.221. The van der Waals surface area contributed by atoms with E-state index in [1.807, 2.05) is 13.8 Å². The third-order valence-corrected chi connectivity index (χ3v) is 7.64. The summed E-state index contributed by atoms with van der Waals surface area (Å²) in [6, 6.07) is 4.64. The number of benzene rings is 1. The summed E-state index contributed by atoms with van der Waals surface area (Å²) in [6.45, 7) is 10.6. The van der Waals surface area contributed by atoms with E-state index >= 15 is 4.39 Å². The number of hydrogen-bond donors (Lipinski definition) is 0. The van der Waals surface area contributed by atoms with Gasteiger partial charge in [-0.1, -0.05) is 20.8 Å². The van der Waals surface area contributed by atoms with Crippen LogP contribution in [0.4, 0.5) is 20.7 Å². The zero-order valence-corrected chi connectivity index (χ0v) is 24.2. The zero-order chi connectivity index (χ0) is 29.5. The van der Waals surface area contributed by atoms with Crippen molar-refractivity contribution in [3.63, 3.8) is 0 Å². The van der Waals surface area contributed by atoms with Crippen LogP contribution in [0.3, 0.4) is 0 Å². The highest BCUT2D eigenvalue weighted by atomic mass is 28.2. The first-order chi connectivity index (χ1) is 19.3. The van der Waals surface area contributed by atoms with Gasteiger partial charge in [0.15, 0.2) is 6.10 Å². The van der Waals surface area contributed by atoms with Gasteiger partial charge in [0.25, 0.3) is 0 Å². The van der Waals surface area contributed by atoms with E-state index in [1.54, 1.807) is 12.1 Å². The molecule has 0 N–H and O–H groups in total. The molecule has 5 rings (SSSR count). The molecule has 1 amide bonds. The number of fused-ring (bicyclic) bond motifs is 1. The van der Waals surface area contributed by atoms with E-state index in [1.165, 1.54) is 34.1 Å². The second kappa shape index (κ2) is 10.7. The Hall–Kier alpha value is -4.11. The number of ether oxygens (including phenoxy) is 3. The fraction of sp³-hybridized carbons (Fsp3) is 0.462. The molecule has 13 nitrogen and oxygen atoms in total. The van der Waals surface area contributed by atoms with E-state index in [4.69, 9.17) is 18.6 Å². The van der Waals surface area contributed by atoms with E-state index < -0.39 is 34.6 Å². The first-order valence-electron chi connectivity index (χ1n) is 12.9. The Labute approximate surface area is 237 Å². The largest absolute Gasteiger partial charge is 0.455 e. The Morgan fingerprint density at radius 3 is 2.56 bits per heavy atom. The quantitative estimate of drug-likeness (QED) is 0.215. The number of carbonyl (C=O) groups is 1. The predicted octanol–water partition coefficient (Wildman–Crippen LogP) is 4.19. The highest BCUT2D eigenvalue weighted by molar-refractivity contribution is 6.31. The summed E-state index contributed by atoms with van der Waals surface area (Å²) >= 11 is 0. The molecule has 216 valence electrons. The van der Waals surface area contributed by atoms with Crippen LogP contribution < -0.4 is 14.4 Å². The van der Waals surface area contributed by atoms with Gasteiger partial charge >= 0.3 is 23.9 Å². The van der Waals surface area contributed by atoms with Gasteiger partial charge in [-0.2, -0.15) is 0 Å². The average molecular weight is 585 g/mol. The van der Waals surface area contributed by atoms with Gasteiger partial charge in [-0.15, -0.1) is 0 Å². The van der Waals surface area contributed by atoms with E-state index in [-0.39, 0.29) is 57.9 Å². The third-order valence-electron chi connectivity index (χ3n) is 6.40. The Morgan fingerprint density at radius 2 is 1.90 bits per heavy atom. The van der Waals surface area contributed by atoms with Crippen molar-refractivity contribution >= 4 is 27.4 Å². The van der Waals surface area contributed by atoms with Crippen LogP contribution in [0, 0.1) is 15.9 Å². The second-order valence-electron chi connectivity index (χ2n) is 11.3. The van der Waals surface area contributed by atoms with E-state index in [0.29, 0.717) is 11.3 Å². The van der Waals surface area contributed by atoms with Crippen LogP contribution in [0.1, 0.15) is 34.6 Å². The second-order valence-corrected chi connectivity index (χ2v) is 13.2. The molecule has 1 fully saturated rings. The predicted molar refractivity (Wildman–Crippen MR) is 144 cm³/mol. The molecular weight excluding hydrogens is 555 g/mol. The number of amides is 1. The standard InChI is InChI=1S/C26H29FN6O7Si/c1-25(2,3)41-40-26(4,5)20-12-32(24(34)39-20)16-6-7-18(19(27)8-16)15-9-28-22(29-10-15)38-17-11-31-13-21(33(35)36)30-23(31)37-14-17/h6-10,13,17,20H,11-12,14H2,1-5H3/t17-,20+/m0/s1. The molecule has 1 aromatic carbocycles. The van der Waals surface area contributed by atoms with Gasteiger partial charge in [0.2, 0.25) is 9.76 Å². The molecule has 3 aromatic rings. The molecule has 2 aromatic heterocycles. The summed E-state index contributed by atoms with van der Waals surface area (Å²) in [5, 5.41) is 10.9. The van der Waals surface area contributed by atoms with Gasteiger partial charge < -0.3 is 28.8 Å². The fourth-order valence-corrected chi connectivity index (χ4v) is 4.89. The third kappa shape index (κ3) is 6.30. The van der Waals surface area contributed by atoms with Crippen molar-refractivity contribution in [2.24, 2.45) is 0 Å². The lowest BCUT2D eigenvalue weighted by Crippen LogP contribution is -2.43. The maximum atomic E-state index is 15.2. The van der Waals surface area contributed by atoms with Crippen LogP contribution in [-0.2, 0) is 15.7 Å². The molecule has 0 aliphatic carbocycles. The Kier molecular flexibility index (Phi) is 7.42. The number of nitrogens with zero attached hydrogens (tertiary/aromatic N) is 6. The molecule has 41 heavy (non-hydrogen) atoms. The minimum atomic E-state index is -0.710. The highest BCUT2D eigenvalue weighted by Gasteiger charge is 2.43. The smallest absolute Gasteiger partial charge is 0.414 e. The number of rotatable bonds is 8. The van der Waals surface area contributed by atoms with Gasteiger partial charge in [0, 0.05) is 28.5 Å². The van der Waals surface area contributed by atoms with Crippen LogP contribution in [0.2, 0.25) is 5.04 Å². The maximum Gasteiger partial charge on any atom is 0.414 e. The normalized spacial score (nSPS) is 19.0. The lowest BCUT2D eigenvalue weighted by molar-refractivity contribution is -0.389. The minimum Gasteiger partial charge on any atom is -0.455 e. The molecule has 2 radical (unpaired) electrons. The molecule has 15 heteroatoms. The fourth-order valence-electron chi connectivity index (χ4n) is 4.19. The van der Waals surface area contributed by atoms with Crippen molar-refractivity contribution in [2.75, 3.05) is 18.1 Å². The number of halogens is 1. The number of nitro groups is 1. The van der Waals surface area contributed by atoms with Crippen molar-refractivity contribution in [3.8, 4) is 23.1 Å². The van der Waals surface area contributed by atoms with Crippen LogP contribution in [0.25, 0.3) is 11.1 Å². The van der Waals surface area contributed by atoms with Crippen LogP contribution in [0.5, 0.6) is 12.0 Å². The molecule has 0 spiro atoms. The summed E-state index contributed by atoms with van der Waals surface area (Å²) in [6.07, 6.45) is 2.53. The SMILES string of the molecule is CC(C)(C)[Si]OC(C)(C)[C@H]1CN(c2ccc(-c3cnc(O[C@@H]4COc5nc([N+](=O)[O-])cn5C4)nc3)c(F)c2)C(=O)O1. The van der Waals surface area contributed by atoms with Gasteiger partial charge in [0.05, 0.1) is 24.4 Å². The number of cyclic esters (lactones) is 1. The maximum absolute atomic E-state index is 15.2. The van der Waals surface area contributed by atoms with E-state index in [9.17, 15) is 14.9 Å². The van der Waals surface area contributed by atoms with Crippen molar-refractivity contribution < 1.29 is 32.7 Å². The molecule has 2 aliphatic rings. The van der Waals surface area contributed by atoms with Crippen LogP contribution in [-0.4, -0.2) is 71.3 Å². The lowest BCUT2D eigenvalue weighted by Gasteiger charge is -2.32. The Morgan fingerprint density at radius 1 is 1.17 bits per heavy atom. The number of carbonyl (C=O) groups excluding carboxylic acids is 1. The Bertz CT molecular complexity index is 1460. The zero-order valence-electron chi connectivity index (χ0n) is 23.2.